The van der Waals surface area contributed by atoms with Crippen LogP contribution in [-0.4, -0.2) is 76.9 Å². The number of rotatable bonds is 6. The molecule has 0 radical (unpaired) electrons. The summed E-state index contributed by atoms with van der Waals surface area (Å²) in [5, 5.41) is 0. The van der Waals surface area contributed by atoms with Crippen molar-refractivity contribution in [2.24, 2.45) is 0 Å². The van der Waals surface area contributed by atoms with Crippen LogP contribution in [0.2, 0.25) is 0 Å². The molecule has 2 aliphatic heterocycles. The molecule has 6 atom stereocenters. The Morgan fingerprint density at radius 1 is 1.18 bits per heavy atom. The molecule has 0 amide bonds. The molecule has 0 spiro atoms. The fraction of sp³-hybridized carbons (Fsp3) is 1.00. The smallest absolute Gasteiger partial charge is 0.264 e. The summed E-state index contributed by atoms with van der Waals surface area (Å²) in [5.74, 6) is 0. The van der Waals surface area contributed by atoms with Crippen molar-refractivity contribution in [3.63, 3.8) is 0 Å². The topological polar surface area (TPSA) is 58.6 Å². The van der Waals surface area contributed by atoms with Gasteiger partial charge in [-0.2, -0.15) is 0 Å². The molecule has 2 rings (SSSR count). The Morgan fingerprint density at radius 2 is 1.86 bits per heavy atom. The van der Waals surface area contributed by atoms with Crippen molar-refractivity contribution in [2.45, 2.75) is 44.1 Å². The van der Waals surface area contributed by atoms with Gasteiger partial charge in [-0.3, -0.25) is 0 Å². The number of nitrogens with zero attached hydrogens (tertiary/aromatic N) is 1. The van der Waals surface area contributed by atoms with Gasteiger partial charge in [-0.25, -0.2) is 4.67 Å². The van der Waals surface area contributed by atoms with Crippen LogP contribution in [0.15, 0.2) is 0 Å². The average Bonchev–Trinajstić information content (AvgIpc) is 2.52. The first-order valence-electron chi connectivity index (χ1n) is 7.39. The van der Waals surface area contributed by atoms with Gasteiger partial charge in [0.05, 0.1) is 6.61 Å². The molecule has 2 saturated heterocycles. The first-order valence-corrected chi connectivity index (χ1v) is 9.98. The van der Waals surface area contributed by atoms with E-state index < -0.39 is 12.9 Å². The van der Waals surface area contributed by atoms with E-state index in [1.807, 2.05) is 18.6 Å². The molecule has 0 aromatic rings. The number of methoxy groups -OCH3 is 3. The van der Waals surface area contributed by atoms with Crippen LogP contribution in [-0.2, 0) is 39.8 Å². The van der Waals surface area contributed by atoms with Crippen LogP contribution >= 0.6 is 6.64 Å². The van der Waals surface area contributed by atoms with E-state index >= 15 is 0 Å². The van der Waals surface area contributed by atoms with Crippen molar-refractivity contribution in [1.82, 2.24) is 4.67 Å². The molecule has 9 heteroatoms. The summed E-state index contributed by atoms with van der Waals surface area (Å²) in [4.78, 5) is 0. The zero-order chi connectivity index (χ0) is 16.3. The maximum absolute atomic E-state index is 6.16. The van der Waals surface area contributed by atoms with Crippen LogP contribution in [0.3, 0.4) is 0 Å². The minimum absolute atomic E-state index is 0.201. The molecule has 0 saturated carbocycles. The first-order chi connectivity index (χ1) is 10.5. The van der Waals surface area contributed by atoms with Gasteiger partial charge in [-0.15, -0.1) is 0 Å². The Kier molecular flexibility index (Phi) is 6.77. The highest BCUT2D eigenvalue weighted by Gasteiger charge is 2.53. The molecule has 0 aromatic carbocycles. The minimum atomic E-state index is -2.52. The lowest BCUT2D eigenvalue weighted by Crippen LogP contribution is -2.63. The predicted molar refractivity (Wildman–Crippen MR) is 85.3 cm³/mol. The molecule has 22 heavy (non-hydrogen) atoms. The van der Waals surface area contributed by atoms with Crippen LogP contribution in [0.4, 0.5) is 0 Å². The van der Waals surface area contributed by atoms with E-state index in [9.17, 15) is 0 Å². The second kappa shape index (κ2) is 7.96. The minimum Gasteiger partial charge on any atom is -0.376 e. The van der Waals surface area contributed by atoms with E-state index in [0.717, 1.165) is 6.42 Å². The largest absolute Gasteiger partial charge is 0.376 e. The molecule has 0 bridgehead atoms. The number of ether oxygens (including phenoxy) is 4. The van der Waals surface area contributed by atoms with Crippen molar-refractivity contribution in [1.29, 1.82) is 0 Å². The lowest BCUT2D eigenvalue weighted by molar-refractivity contribution is -0.300. The highest BCUT2D eigenvalue weighted by atomic mass is 32.5. The van der Waals surface area contributed by atoms with E-state index in [2.05, 4.69) is 0 Å². The molecule has 2 heterocycles. The molecule has 0 aromatic heterocycles. The zero-order valence-electron chi connectivity index (χ0n) is 13.8. The fourth-order valence-corrected chi connectivity index (χ4v) is 5.27. The quantitative estimate of drug-likeness (QED) is 0.662. The van der Waals surface area contributed by atoms with E-state index in [-0.39, 0.29) is 24.4 Å². The highest BCUT2D eigenvalue weighted by molar-refractivity contribution is 8.08. The van der Waals surface area contributed by atoms with E-state index in [1.54, 1.807) is 21.3 Å². The van der Waals surface area contributed by atoms with Gasteiger partial charge in [0.15, 0.2) is 6.29 Å². The van der Waals surface area contributed by atoms with Crippen molar-refractivity contribution in [3.8, 4) is 0 Å². The number of hydrogen-bond donors (Lipinski definition) is 0. The monoisotopic (exact) mass is 355 g/mol. The average molecular weight is 355 g/mol. The van der Waals surface area contributed by atoms with E-state index in [0.29, 0.717) is 13.2 Å². The molecule has 0 aliphatic carbocycles. The highest BCUT2D eigenvalue weighted by Crippen LogP contribution is 2.57. The normalized spacial score (nSPS) is 43.0. The molecule has 6 unspecified atom stereocenters. The predicted octanol–water partition coefficient (Wildman–Crippen LogP) is 1.37. The van der Waals surface area contributed by atoms with Crippen LogP contribution in [0.25, 0.3) is 0 Å². The van der Waals surface area contributed by atoms with Crippen molar-refractivity contribution in [2.75, 3.05) is 41.5 Å². The van der Waals surface area contributed by atoms with Crippen LogP contribution in [0.5, 0.6) is 0 Å². The summed E-state index contributed by atoms with van der Waals surface area (Å²) in [7, 11) is 6.72. The lowest BCUT2D eigenvalue weighted by atomic mass is 9.98. The maximum atomic E-state index is 6.16. The number of fused-ring (bicyclic) bond motifs is 1. The second-order valence-corrected chi connectivity index (χ2v) is 8.86. The number of hydrogen-bond acceptors (Lipinski definition) is 7. The third kappa shape index (κ3) is 3.55. The van der Waals surface area contributed by atoms with Crippen molar-refractivity contribution < 1.29 is 28.0 Å². The Hall–Kier alpha value is 0.370. The van der Waals surface area contributed by atoms with Gasteiger partial charge in [0.1, 0.15) is 24.4 Å². The third-order valence-corrected chi connectivity index (χ3v) is 7.37. The summed E-state index contributed by atoms with van der Waals surface area (Å²) in [6.07, 6.45) is -0.849. The van der Waals surface area contributed by atoms with Crippen molar-refractivity contribution in [3.05, 3.63) is 0 Å². The standard InChI is InChI=1S/C13H26NO6PS/c1-6-7-18-21(22)14(2)8-9-10(20-21)11(15-3)12(16-4)13(17-5)19-9/h9-13H,6-8H2,1-5H3. The van der Waals surface area contributed by atoms with Gasteiger partial charge in [-0.05, 0) is 25.3 Å². The Balaban J connectivity index is 2.21. The van der Waals surface area contributed by atoms with E-state index in [1.165, 1.54) is 0 Å². The van der Waals surface area contributed by atoms with Gasteiger partial charge in [0, 0.05) is 27.9 Å². The molecule has 0 N–H and O–H groups in total. The molecule has 130 valence electrons. The lowest BCUT2D eigenvalue weighted by Gasteiger charge is -2.51. The van der Waals surface area contributed by atoms with Gasteiger partial charge in [-0.1, -0.05) is 6.92 Å². The van der Waals surface area contributed by atoms with Gasteiger partial charge < -0.3 is 28.0 Å². The summed E-state index contributed by atoms with van der Waals surface area (Å²) in [6.45, 7) is 0.714. The summed E-state index contributed by atoms with van der Waals surface area (Å²) in [5.41, 5.74) is 0. The van der Waals surface area contributed by atoms with Gasteiger partial charge in [0.2, 0.25) is 0 Å². The van der Waals surface area contributed by atoms with Crippen molar-refractivity contribution >= 4 is 18.4 Å². The molecule has 2 fully saturated rings. The zero-order valence-corrected chi connectivity index (χ0v) is 15.5. The molecule has 7 nitrogen and oxygen atoms in total. The van der Waals surface area contributed by atoms with Gasteiger partial charge in [0.25, 0.3) is 6.64 Å². The van der Waals surface area contributed by atoms with E-state index in [4.69, 9.17) is 39.8 Å². The van der Waals surface area contributed by atoms with Crippen LogP contribution in [0.1, 0.15) is 13.3 Å². The van der Waals surface area contributed by atoms with Crippen LogP contribution in [0, 0.1) is 0 Å². The molecule has 2 aliphatic rings. The third-order valence-electron chi connectivity index (χ3n) is 3.94. The maximum Gasteiger partial charge on any atom is 0.264 e. The summed E-state index contributed by atoms with van der Waals surface area (Å²) in [6, 6.07) is 0. The first kappa shape index (κ1) is 18.7. The second-order valence-electron chi connectivity index (χ2n) is 5.39. The Morgan fingerprint density at radius 3 is 2.41 bits per heavy atom. The van der Waals surface area contributed by atoms with Crippen LogP contribution < -0.4 is 0 Å². The Labute approximate surface area is 137 Å². The SMILES string of the molecule is CCCOP1(=S)OC2C(CN1C)OC(OC)C(OC)C2OC. The number of likely N-dealkylation sites (N-methyl/N-ethyl adjacent to an activating group) is 1. The molecular weight excluding hydrogens is 329 g/mol. The van der Waals surface area contributed by atoms with Gasteiger partial charge >= 0.3 is 0 Å². The fourth-order valence-electron chi connectivity index (χ4n) is 2.79. The Bertz CT molecular complexity index is 414. The molecular formula is C13H26NO6PS. The summed E-state index contributed by atoms with van der Waals surface area (Å²) < 4.78 is 36.4. The summed E-state index contributed by atoms with van der Waals surface area (Å²) >= 11 is 5.65.